The first kappa shape index (κ1) is 31.9. The fourth-order valence-electron chi connectivity index (χ4n) is 4.65. The number of allylic oxidation sites excluding steroid dienone is 5. The highest BCUT2D eigenvalue weighted by atomic mass is 127. The Balaban J connectivity index is 2.56. The minimum absolute atomic E-state index is 0.129. The van der Waals surface area contributed by atoms with Crippen molar-refractivity contribution in [2.24, 2.45) is 5.92 Å². The van der Waals surface area contributed by atoms with Crippen molar-refractivity contribution in [2.45, 2.75) is 122 Å². The highest BCUT2D eigenvalue weighted by Crippen LogP contribution is 2.28. The highest BCUT2D eigenvalue weighted by Gasteiger charge is 2.16. The van der Waals surface area contributed by atoms with Gasteiger partial charge in [0.15, 0.2) is 0 Å². The van der Waals surface area contributed by atoms with Crippen molar-refractivity contribution >= 4 is 28.4 Å². The number of halogens is 1. The van der Waals surface area contributed by atoms with E-state index in [1.807, 2.05) is 0 Å². The van der Waals surface area contributed by atoms with Gasteiger partial charge in [-0.1, -0.05) is 130 Å². The number of benzene rings is 1. The van der Waals surface area contributed by atoms with Crippen molar-refractivity contribution < 1.29 is 4.79 Å². The Morgan fingerprint density at radius 2 is 1.80 bits per heavy atom. The summed E-state index contributed by atoms with van der Waals surface area (Å²) in [7, 11) is 0. The molecule has 1 nitrogen and oxygen atoms in total. The second-order valence-electron chi connectivity index (χ2n) is 10.7. The second-order valence-corrected chi connectivity index (χ2v) is 13.4. The molecular formula is C33H51IO. The zero-order valence-electron chi connectivity index (χ0n) is 23.5. The molecule has 0 amide bonds. The lowest BCUT2D eigenvalue weighted by Gasteiger charge is -2.17. The van der Waals surface area contributed by atoms with Gasteiger partial charge >= 0.3 is 0 Å². The summed E-state index contributed by atoms with van der Waals surface area (Å²) in [6.07, 6.45) is 19.8. The van der Waals surface area contributed by atoms with E-state index in [1.54, 1.807) is 0 Å². The molecule has 1 atom stereocenters. The van der Waals surface area contributed by atoms with Crippen molar-refractivity contribution in [3.8, 4) is 0 Å². The lowest BCUT2D eigenvalue weighted by molar-refractivity contribution is -0.119. The number of Topliss-reactive ketones (excluding diaryl/α,β-unsaturated/α-hetero) is 1. The standard InChI is InChI=1S/C33H51IO/c1-8-11-12-13-14-17-28(9-2)24-32(35)25-29-21-20-27(5)30(23-29)18-15-16-26(4)19-22-31(10-3)33(6,7)34/h10,19-23,28H,4,8-9,11-18,24-25H2,1-3,5-7H3/b22-19-,31-10+. The van der Waals surface area contributed by atoms with E-state index in [0.29, 0.717) is 18.1 Å². The van der Waals surface area contributed by atoms with Gasteiger partial charge < -0.3 is 0 Å². The third-order valence-electron chi connectivity index (χ3n) is 7.06. The Morgan fingerprint density at radius 3 is 2.43 bits per heavy atom. The van der Waals surface area contributed by atoms with E-state index < -0.39 is 0 Å². The van der Waals surface area contributed by atoms with Crippen LogP contribution in [0.15, 0.2) is 54.2 Å². The molecule has 0 N–H and O–H groups in total. The van der Waals surface area contributed by atoms with E-state index in [2.05, 4.69) is 107 Å². The molecule has 0 aliphatic heterocycles. The van der Waals surface area contributed by atoms with Crippen LogP contribution in [0.5, 0.6) is 0 Å². The predicted molar refractivity (Wildman–Crippen MR) is 165 cm³/mol. The molecule has 1 aromatic rings. The van der Waals surface area contributed by atoms with E-state index >= 15 is 0 Å². The lowest BCUT2D eigenvalue weighted by Crippen LogP contribution is -2.11. The lowest BCUT2D eigenvalue weighted by atomic mass is 9.90. The molecule has 0 aromatic heterocycles. The number of aryl methyl sites for hydroxylation is 2. The maximum Gasteiger partial charge on any atom is 0.137 e. The first-order valence-corrected chi connectivity index (χ1v) is 15.0. The van der Waals surface area contributed by atoms with E-state index in [1.165, 1.54) is 66.4 Å². The van der Waals surface area contributed by atoms with Crippen LogP contribution in [0.3, 0.4) is 0 Å². The van der Waals surface area contributed by atoms with Gasteiger partial charge in [-0.2, -0.15) is 0 Å². The van der Waals surface area contributed by atoms with Gasteiger partial charge in [-0.15, -0.1) is 0 Å². The minimum Gasteiger partial charge on any atom is -0.299 e. The van der Waals surface area contributed by atoms with E-state index in [4.69, 9.17) is 0 Å². The van der Waals surface area contributed by atoms with Crippen LogP contribution < -0.4 is 0 Å². The van der Waals surface area contributed by atoms with Crippen molar-refractivity contribution in [3.05, 3.63) is 70.8 Å². The van der Waals surface area contributed by atoms with Crippen LogP contribution in [0, 0.1) is 12.8 Å². The first-order valence-electron chi connectivity index (χ1n) is 13.9. The zero-order chi connectivity index (χ0) is 26.3. The molecule has 2 heteroatoms. The van der Waals surface area contributed by atoms with Gasteiger partial charge in [-0.25, -0.2) is 0 Å². The monoisotopic (exact) mass is 590 g/mol. The molecule has 0 saturated heterocycles. The van der Waals surface area contributed by atoms with Crippen LogP contribution in [-0.2, 0) is 17.6 Å². The molecule has 0 spiro atoms. The Kier molecular flexibility index (Phi) is 15.8. The summed E-state index contributed by atoms with van der Waals surface area (Å²) < 4.78 is 0.129. The van der Waals surface area contributed by atoms with Gasteiger partial charge in [-0.05, 0) is 75.1 Å². The summed E-state index contributed by atoms with van der Waals surface area (Å²) in [5, 5.41) is 0. The van der Waals surface area contributed by atoms with Gasteiger partial charge in [0.05, 0.1) is 0 Å². The number of ketones is 1. The first-order chi connectivity index (χ1) is 16.6. The topological polar surface area (TPSA) is 17.1 Å². The number of unbranched alkanes of at least 4 members (excludes halogenated alkanes) is 4. The molecule has 35 heavy (non-hydrogen) atoms. The summed E-state index contributed by atoms with van der Waals surface area (Å²) in [5.74, 6) is 0.950. The number of hydrogen-bond donors (Lipinski definition) is 0. The maximum absolute atomic E-state index is 12.8. The van der Waals surface area contributed by atoms with Crippen molar-refractivity contribution in [1.82, 2.24) is 0 Å². The molecule has 0 aliphatic rings. The summed E-state index contributed by atoms with van der Waals surface area (Å²) in [5.41, 5.74) is 6.37. The summed E-state index contributed by atoms with van der Waals surface area (Å²) >= 11 is 2.48. The number of carbonyl (C=O) groups is 1. The molecule has 196 valence electrons. The van der Waals surface area contributed by atoms with Crippen LogP contribution in [0.1, 0.15) is 116 Å². The molecule has 0 fully saturated rings. The van der Waals surface area contributed by atoms with Crippen molar-refractivity contribution in [3.63, 3.8) is 0 Å². The third-order valence-corrected chi connectivity index (χ3v) is 7.69. The number of alkyl halides is 1. The molecular weight excluding hydrogens is 539 g/mol. The molecule has 0 saturated carbocycles. The van der Waals surface area contributed by atoms with Crippen molar-refractivity contribution in [2.75, 3.05) is 0 Å². The summed E-state index contributed by atoms with van der Waals surface area (Å²) in [6.45, 7) is 17.5. The summed E-state index contributed by atoms with van der Waals surface area (Å²) in [4.78, 5) is 12.8. The van der Waals surface area contributed by atoms with Crippen LogP contribution in [-0.4, -0.2) is 9.20 Å². The zero-order valence-corrected chi connectivity index (χ0v) is 25.7. The Morgan fingerprint density at radius 1 is 1.09 bits per heavy atom. The van der Waals surface area contributed by atoms with Gasteiger partial charge in [0.1, 0.15) is 5.78 Å². The van der Waals surface area contributed by atoms with Gasteiger partial charge in [-0.3, -0.25) is 4.79 Å². The van der Waals surface area contributed by atoms with Gasteiger partial charge in [0, 0.05) is 16.3 Å². The van der Waals surface area contributed by atoms with Crippen LogP contribution in [0.2, 0.25) is 0 Å². The van der Waals surface area contributed by atoms with E-state index in [9.17, 15) is 4.79 Å². The van der Waals surface area contributed by atoms with E-state index in [-0.39, 0.29) is 3.42 Å². The highest BCUT2D eigenvalue weighted by molar-refractivity contribution is 14.1. The third kappa shape index (κ3) is 13.6. The molecule has 0 heterocycles. The molecule has 0 aliphatic carbocycles. The fourth-order valence-corrected chi connectivity index (χ4v) is 5.14. The second kappa shape index (κ2) is 17.3. The maximum atomic E-state index is 12.8. The molecule has 0 bridgehead atoms. The largest absolute Gasteiger partial charge is 0.299 e. The van der Waals surface area contributed by atoms with E-state index in [0.717, 1.165) is 32.1 Å². The van der Waals surface area contributed by atoms with Gasteiger partial charge in [0.2, 0.25) is 0 Å². The Labute approximate surface area is 231 Å². The van der Waals surface area contributed by atoms with Gasteiger partial charge in [0.25, 0.3) is 0 Å². The number of rotatable bonds is 18. The van der Waals surface area contributed by atoms with Crippen molar-refractivity contribution in [1.29, 1.82) is 0 Å². The normalized spacial score (nSPS) is 13.4. The Bertz CT molecular complexity index is 837. The minimum atomic E-state index is 0.129. The SMILES string of the molecule is C=C(/C=C\C(=C/C)C(C)(C)I)CCCc1cc(CC(=O)CC(CC)CCCCCCC)ccc1C. The molecule has 1 unspecified atom stereocenters. The number of hydrogen-bond acceptors (Lipinski definition) is 1. The molecule has 1 aromatic carbocycles. The fraction of sp³-hybridized carbons (Fsp3) is 0.606. The quantitative estimate of drug-likeness (QED) is 0.0720. The average Bonchev–Trinajstić information content (AvgIpc) is 2.79. The van der Waals surface area contributed by atoms with Crippen LogP contribution in [0.25, 0.3) is 0 Å². The van der Waals surface area contributed by atoms with Crippen LogP contribution >= 0.6 is 22.6 Å². The average molecular weight is 591 g/mol. The Hall–Kier alpha value is -1.16. The van der Waals surface area contributed by atoms with Crippen LogP contribution in [0.4, 0.5) is 0 Å². The summed E-state index contributed by atoms with van der Waals surface area (Å²) in [6, 6.07) is 6.61. The molecule has 1 rings (SSSR count). The molecule has 0 radical (unpaired) electrons. The smallest absolute Gasteiger partial charge is 0.137 e. The number of carbonyl (C=O) groups excluding carboxylic acids is 1. The predicted octanol–water partition coefficient (Wildman–Crippen LogP) is 10.5.